The molecule has 3 nitrogen and oxygen atoms in total. The minimum absolute atomic E-state index is 0.0428. The number of likely N-dealkylation sites (tertiary alicyclic amines) is 1. The number of rotatable bonds is 3. The van der Waals surface area contributed by atoms with Crippen molar-refractivity contribution in [2.75, 3.05) is 26.2 Å². The van der Waals surface area contributed by atoms with E-state index in [-0.39, 0.29) is 12.6 Å². The molecule has 3 heteroatoms. The third-order valence-electron chi connectivity index (χ3n) is 3.53. The van der Waals surface area contributed by atoms with Crippen molar-refractivity contribution in [3.8, 4) is 0 Å². The van der Waals surface area contributed by atoms with Gasteiger partial charge < -0.3 is 15.7 Å². The lowest BCUT2D eigenvalue weighted by Gasteiger charge is -2.19. The summed E-state index contributed by atoms with van der Waals surface area (Å²) >= 11 is 0. The molecule has 1 saturated carbocycles. The monoisotopic (exact) mass is 184 g/mol. The van der Waals surface area contributed by atoms with E-state index in [1.807, 2.05) is 0 Å². The molecule has 0 spiro atoms. The number of aliphatic hydroxyl groups is 1. The van der Waals surface area contributed by atoms with E-state index in [2.05, 4.69) is 4.90 Å². The molecule has 0 aromatic heterocycles. The van der Waals surface area contributed by atoms with Crippen LogP contribution in [0, 0.1) is 11.8 Å². The average molecular weight is 184 g/mol. The van der Waals surface area contributed by atoms with E-state index >= 15 is 0 Å². The minimum atomic E-state index is -0.0428. The first kappa shape index (κ1) is 9.44. The van der Waals surface area contributed by atoms with Gasteiger partial charge in [0.15, 0.2) is 0 Å². The van der Waals surface area contributed by atoms with Gasteiger partial charge in [0.2, 0.25) is 0 Å². The summed E-state index contributed by atoms with van der Waals surface area (Å²) in [7, 11) is 0. The largest absolute Gasteiger partial charge is 0.395 e. The van der Waals surface area contributed by atoms with Crippen LogP contribution in [-0.2, 0) is 0 Å². The molecule has 1 aliphatic carbocycles. The highest BCUT2D eigenvalue weighted by atomic mass is 16.3. The van der Waals surface area contributed by atoms with Gasteiger partial charge >= 0.3 is 0 Å². The van der Waals surface area contributed by atoms with E-state index in [0.717, 1.165) is 18.4 Å². The van der Waals surface area contributed by atoms with Gasteiger partial charge in [-0.3, -0.25) is 0 Å². The number of hydrogen-bond acceptors (Lipinski definition) is 3. The van der Waals surface area contributed by atoms with Crippen molar-refractivity contribution in [3.63, 3.8) is 0 Å². The smallest absolute Gasteiger partial charge is 0.0595 e. The highest BCUT2D eigenvalue weighted by molar-refractivity contribution is 4.89. The normalized spacial score (nSPS) is 36.5. The lowest BCUT2D eigenvalue weighted by Crippen LogP contribution is -2.39. The van der Waals surface area contributed by atoms with Crippen LogP contribution in [0.4, 0.5) is 0 Å². The topological polar surface area (TPSA) is 49.5 Å². The first-order valence-corrected chi connectivity index (χ1v) is 5.38. The third-order valence-corrected chi connectivity index (χ3v) is 3.53. The number of nitrogens with zero attached hydrogens (tertiary/aromatic N) is 1. The van der Waals surface area contributed by atoms with E-state index in [4.69, 9.17) is 10.8 Å². The summed E-state index contributed by atoms with van der Waals surface area (Å²) in [5.41, 5.74) is 5.71. The maximum atomic E-state index is 8.85. The molecule has 2 aliphatic rings. The fraction of sp³-hybridized carbons (Fsp3) is 1.00. The van der Waals surface area contributed by atoms with Crippen molar-refractivity contribution in [3.05, 3.63) is 0 Å². The summed E-state index contributed by atoms with van der Waals surface area (Å²) in [6.45, 7) is 3.44. The Labute approximate surface area is 79.9 Å². The average Bonchev–Trinajstić information content (AvgIpc) is 2.63. The molecular weight excluding hydrogens is 164 g/mol. The Morgan fingerprint density at radius 2 is 1.92 bits per heavy atom. The molecule has 3 unspecified atom stereocenters. The van der Waals surface area contributed by atoms with Crippen molar-refractivity contribution < 1.29 is 5.11 Å². The van der Waals surface area contributed by atoms with Crippen molar-refractivity contribution in [2.24, 2.45) is 17.6 Å². The molecular formula is C10H20N2O. The van der Waals surface area contributed by atoms with Crippen LogP contribution < -0.4 is 5.73 Å². The summed E-state index contributed by atoms with van der Waals surface area (Å²) < 4.78 is 0. The van der Waals surface area contributed by atoms with Crippen LogP contribution in [0.1, 0.15) is 19.3 Å². The fourth-order valence-electron chi connectivity index (χ4n) is 2.87. The molecule has 2 rings (SSSR count). The Morgan fingerprint density at radius 3 is 2.46 bits per heavy atom. The Morgan fingerprint density at radius 1 is 1.31 bits per heavy atom. The van der Waals surface area contributed by atoms with Gasteiger partial charge in [-0.25, -0.2) is 0 Å². The van der Waals surface area contributed by atoms with Crippen molar-refractivity contribution in [1.29, 1.82) is 0 Å². The summed E-state index contributed by atoms with van der Waals surface area (Å²) in [6.07, 6.45) is 4.25. The lowest BCUT2D eigenvalue weighted by molar-refractivity contribution is 0.215. The molecule has 0 amide bonds. The van der Waals surface area contributed by atoms with Gasteiger partial charge in [-0.1, -0.05) is 6.42 Å². The lowest BCUT2D eigenvalue weighted by atomic mass is 10.0. The van der Waals surface area contributed by atoms with Crippen molar-refractivity contribution in [1.82, 2.24) is 4.90 Å². The summed E-state index contributed by atoms with van der Waals surface area (Å²) in [5.74, 6) is 1.87. The van der Waals surface area contributed by atoms with Crippen LogP contribution in [0.25, 0.3) is 0 Å². The molecule has 0 bridgehead atoms. The van der Waals surface area contributed by atoms with E-state index in [1.54, 1.807) is 0 Å². The zero-order valence-electron chi connectivity index (χ0n) is 8.15. The van der Waals surface area contributed by atoms with Crippen LogP contribution in [-0.4, -0.2) is 42.3 Å². The van der Waals surface area contributed by atoms with Gasteiger partial charge in [0, 0.05) is 25.7 Å². The van der Waals surface area contributed by atoms with Gasteiger partial charge in [-0.05, 0) is 24.7 Å². The first-order chi connectivity index (χ1) is 6.29. The van der Waals surface area contributed by atoms with Gasteiger partial charge in [0.1, 0.15) is 0 Å². The summed E-state index contributed by atoms with van der Waals surface area (Å²) in [6, 6.07) is -0.0428. The van der Waals surface area contributed by atoms with Crippen LogP contribution in [0.3, 0.4) is 0 Å². The molecule has 0 radical (unpaired) electrons. The molecule has 1 heterocycles. The van der Waals surface area contributed by atoms with Crippen LogP contribution in [0.2, 0.25) is 0 Å². The van der Waals surface area contributed by atoms with Crippen LogP contribution in [0.15, 0.2) is 0 Å². The minimum Gasteiger partial charge on any atom is -0.395 e. The molecule has 1 saturated heterocycles. The van der Waals surface area contributed by atoms with Gasteiger partial charge in [0.25, 0.3) is 0 Å². The molecule has 3 atom stereocenters. The predicted molar refractivity (Wildman–Crippen MR) is 52.3 cm³/mol. The summed E-state index contributed by atoms with van der Waals surface area (Å²) in [5, 5.41) is 8.85. The number of nitrogens with two attached hydrogens (primary N) is 1. The molecule has 13 heavy (non-hydrogen) atoms. The molecule has 2 fully saturated rings. The molecule has 3 N–H and O–H groups in total. The third kappa shape index (κ3) is 2.03. The second-order valence-electron chi connectivity index (χ2n) is 4.61. The second-order valence-corrected chi connectivity index (χ2v) is 4.61. The Bertz CT molecular complexity index is 160. The van der Waals surface area contributed by atoms with E-state index in [1.165, 1.54) is 32.4 Å². The quantitative estimate of drug-likeness (QED) is 0.651. The summed E-state index contributed by atoms with van der Waals surface area (Å²) in [4.78, 5) is 2.43. The van der Waals surface area contributed by atoms with E-state index in [9.17, 15) is 0 Å². The van der Waals surface area contributed by atoms with Gasteiger partial charge in [-0.2, -0.15) is 0 Å². The maximum absolute atomic E-state index is 8.85. The number of hydrogen-bond donors (Lipinski definition) is 2. The SMILES string of the molecule is NC(CO)CN1CC2CCCC2C1. The Balaban J connectivity index is 1.78. The number of aliphatic hydroxyl groups excluding tert-OH is 1. The van der Waals surface area contributed by atoms with Crippen molar-refractivity contribution >= 4 is 0 Å². The zero-order valence-corrected chi connectivity index (χ0v) is 8.15. The highest BCUT2D eigenvalue weighted by Crippen LogP contribution is 2.37. The van der Waals surface area contributed by atoms with Gasteiger partial charge in [-0.15, -0.1) is 0 Å². The predicted octanol–water partition coefficient (Wildman–Crippen LogP) is 0.0379. The maximum Gasteiger partial charge on any atom is 0.0595 e. The van der Waals surface area contributed by atoms with Crippen LogP contribution in [0.5, 0.6) is 0 Å². The number of fused-ring (bicyclic) bond motifs is 1. The second kappa shape index (κ2) is 3.95. The molecule has 1 aliphatic heterocycles. The Kier molecular flexibility index (Phi) is 2.86. The zero-order chi connectivity index (χ0) is 9.26. The van der Waals surface area contributed by atoms with E-state index < -0.39 is 0 Å². The molecule has 0 aromatic rings. The standard InChI is InChI=1S/C10H20N2O/c11-10(7-13)6-12-4-8-2-1-3-9(8)5-12/h8-10,13H,1-7,11H2. The van der Waals surface area contributed by atoms with Crippen molar-refractivity contribution in [2.45, 2.75) is 25.3 Å². The molecule has 0 aromatic carbocycles. The van der Waals surface area contributed by atoms with E-state index in [0.29, 0.717) is 0 Å². The highest BCUT2D eigenvalue weighted by Gasteiger charge is 2.35. The van der Waals surface area contributed by atoms with Crippen LogP contribution >= 0.6 is 0 Å². The van der Waals surface area contributed by atoms with Gasteiger partial charge in [0.05, 0.1) is 6.61 Å². The molecule has 76 valence electrons. The Hall–Kier alpha value is -0.120. The first-order valence-electron chi connectivity index (χ1n) is 5.38. The fourth-order valence-corrected chi connectivity index (χ4v) is 2.87.